The lowest BCUT2D eigenvalue weighted by Gasteiger charge is -2.49. The first-order chi connectivity index (χ1) is 23.5. The molecule has 3 aliphatic rings. The van der Waals surface area contributed by atoms with Gasteiger partial charge in [0.15, 0.2) is 6.10 Å². The second-order valence-corrected chi connectivity index (χ2v) is 14.1. The number of nitrogens with one attached hydrogen (secondary N) is 1. The molecule has 49 heavy (non-hydrogen) atoms. The second kappa shape index (κ2) is 14.2. The quantitative estimate of drug-likeness (QED) is 0.173. The molecule has 0 spiro atoms. The van der Waals surface area contributed by atoms with Crippen molar-refractivity contribution in [1.82, 2.24) is 15.1 Å². The van der Waals surface area contributed by atoms with Crippen molar-refractivity contribution in [2.45, 2.75) is 56.9 Å². The molecule has 2 atom stereocenters. The number of amides is 3. The Morgan fingerprint density at radius 2 is 1.59 bits per heavy atom. The summed E-state index contributed by atoms with van der Waals surface area (Å²) in [6.07, 6.45) is 0.737. The first-order valence-electron chi connectivity index (χ1n) is 16.1. The zero-order chi connectivity index (χ0) is 34.7. The number of carbonyl (C=O) groups is 4. The van der Waals surface area contributed by atoms with Crippen molar-refractivity contribution in [3.63, 3.8) is 0 Å². The number of ether oxygens (including phenoxy) is 3. The number of hydrogen-bond donors (Lipinski definition) is 1. The molecule has 0 unspecified atom stereocenters. The highest BCUT2D eigenvalue weighted by molar-refractivity contribution is 8.00. The summed E-state index contributed by atoms with van der Waals surface area (Å²) in [7, 11) is 1.60. The third kappa shape index (κ3) is 7.36. The van der Waals surface area contributed by atoms with Gasteiger partial charge in [-0.2, -0.15) is 0 Å². The molecule has 3 heterocycles. The van der Waals surface area contributed by atoms with E-state index in [2.05, 4.69) is 5.32 Å². The minimum absolute atomic E-state index is 0.0660. The van der Waals surface area contributed by atoms with Gasteiger partial charge in [-0.15, -0.1) is 11.8 Å². The number of fused-ring (bicyclic) bond motifs is 1. The van der Waals surface area contributed by atoms with Gasteiger partial charge in [0.05, 0.1) is 7.11 Å². The molecule has 0 aromatic heterocycles. The maximum atomic E-state index is 14.3. The van der Waals surface area contributed by atoms with Crippen LogP contribution in [0, 0.1) is 0 Å². The summed E-state index contributed by atoms with van der Waals surface area (Å²) in [4.78, 5) is 57.4. The van der Waals surface area contributed by atoms with Crippen molar-refractivity contribution >= 4 is 35.6 Å². The third-order valence-corrected chi connectivity index (χ3v) is 9.71. The molecule has 2 saturated heterocycles. The van der Waals surface area contributed by atoms with Crippen molar-refractivity contribution < 1.29 is 33.4 Å². The van der Waals surface area contributed by atoms with Crippen molar-refractivity contribution in [3.05, 3.63) is 125 Å². The Morgan fingerprint density at radius 1 is 0.959 bits per heavy atom. The number of rotatable bonds is 9. The highest BCUT2D eigenvalue weighted by Gasteiger charge is 2.55. The van der Waals surface area contributed by atoms with Crippen LogP contribution in [0.2, 0.25) is 0 Å². The third-order valence-electron chi connectivity index (χ3n) is 8.41. The van der Waals surface area contributed by atoms with E-state index in [1.165, 1.54) is 16.7 Å². The highest BCUT2D eigenvalue weighted by atomic mass is 32.2. The fourth-order valence-corrected chi connectivity index (χ4v) is 7.43. The van der Waals surface area contributed by atoms with Gasteiger partial charge in [-0.25, -0.2) is 9.59 Å². The van der Waals surface area contributed by atoms with Gasteiger partial charge < -0.3 is 24.4 Å². The van der Waals surface area contributed by atoms with Crippen LogP contribution in [0.4, 0.5) is 4.79 Å². The zero-order valence-corrected chi connectivity index (χ0v) is 28.7. The van der Waals surface area contributed by atoms with Crippen LogP contribution in [0.5, 0.6) is 5.75 Å². The summed E-state index contributed by atoms with van der Waals surface area (Å²) in [6.45, 7) is 6.10. The summed E-state index contributed by atoms with van der Waals surface area (Å²) >= 11 is 1.40. The van der Waals surface area contributed by atoms with E-state index in [-0.39, 0.29) is 11.6 Å². The van der Waals surface area contributed by atoms with Crippen molar-refractivity contribution in [2.75, 3.05) is 19.4 Å². The number of benzene rings is 3. The Balaban J connectivity index is 1.32. The van der Waals surface area contributed by atoms with Crippen LogP contribution in [0.1, 0.15) is 50.0 Å². The first kappa shape index (κ1) is 33.9. The number of allylic oxidation sites excluding steroid dienone is 1. The number of alkyl carbamates (subject to hydrolysis) is 1. The van der Waals surface area contributed by atoms with E-state index in [9.17, 15) is 19.2 Å². The monoisotopic (exact) mass is 681 g/mol. The van der Waals surface area contributed by atoms with E-state index in [0.29, 0.717) is 42.2 Å². The van der Waals surface area contributed by atoms with Crippen molar-refractivity contribution in [3.8, 4) is 5.75 Å². The smallest absolute Gasteiger partial charge is 0.408 e. The Bertz CT molecular complexity index is 1760. The van der Waals surface area contributed by atoms with Gasteiger partial charge in [0.25, 0.3) is 5.91 Å². The Labute approximate surface area is 290 Å². The van der Waals surface area contributed by atoms with Gasteiger partial charge in [-0.1, -0.05) is 78.9 Å². The number of para-hydroxylation sites is 1. The maximum absolute atomic E-state index is 14.3. The molecule has 11 heteroatoms. The molecule has 0 saturated carbocycles. The van der Waals surface area contributed by atoms with Gasteiger partial charge in [0.1, 0.15) is 28.5 Å². The molecule has 254 valence electrons. The van der Waals surface area contributed by atoms with Gasteiger partial charge in [0, 0.05) is 30.0 Å². The van der Waals surface area contributed by atoms with E-state index >= 15 is 0 Å². The fraction of sp³-hybridized carbons (Fsp3) is 0.316. The summed E-state index contributed by atoms with van der Waals surface area (Å²) in [6, 6.07) is 25.5. The summed E-state index contributed by atoms with van der Waals surface area (Å²) < 4.78 is 17.1. The standard InChI is InChI=1S/C38H39N3O7S/c1-38(2,3)48-37(45)39-30-34(43)41-31(36(44)47-32(24-13-7-5-8-14-24)25-15-9-6-10-16-25)28(23-49-35(30)41)21-26-19-20-40(33(26)42)22-27-17-11-12-18-29(27)46-4/h5-18,21,30,32,35H,19-20,22-23H2,1-4H3,(H,39,45)/b26-21+/t30-,35-/m1/s1. The SMILES string of the molecule is COc1ccccc1CN1CC/C(=C\C2=C(C(=O)OC(c3ccccc3)c3ccccc3)N3C(=O)[C@@H](NC(=O)OC(C)(C)C)[C@H]3SC2)C1=O. The Kier molecular flexibility index (Phi) is 9.82. The van der Waals surface area contributed by atoms with Crippen molar-refractivity contribution in [2.24, 2.45) is 0 Å². The van der Waals surface area contributed by atoms with Crippen LogP contribution in [-0.4, -0.2) is 70.1 Å². The lowest BCUT2D eigenvalue weighted by Crippen LogP contribution is -2.70. The average Bonchev–Trinajstić information content (AvgIpc) is 3.43. The minimum Gasteiger partial charge on any atom is -0.496 e. The topological polar surface area (TPSA) is 114 Å². The number of likely N-dealkylation sites (tertiary alicyclic amines) is 1. The zero-order valence-electron chi connectivity index (χ0n) is 27.9. The maximum Gasteiger partial charge on any atom is 0.408 e. The summed E-state index contributed by atoms with van der Waals surface area (Å²) in [5.74, 6) is -0.292. The molecule has 3 aromatic carbocycles. The molecular formula is C38H39N3O7S. The molecule has 3 aromatic rings. The van der Waals surface area contributed by atoms with Gasteiger partial charge >= 0.3 is 12.1 Å². The normalized spacial score (nSPS) is 19.9. The van der Waals surface area contributed by atoms with Crippen LogP contribution in [0.15, 0.2) is 108 Å². The van der Waals surface area contributed by atoms with E-state index in [1.807, 2.05) is 84.9 Å². The van der Waals surface area contributed by atoms with E-state index < -0.39 is 41.1 Å². The first-order valence-corrected chi connectivity index (χ1v) is 17.2. The predicted octanol–water partition coefficient (Wildman–Crippen LogP) is 5.75. The molecule has 3 amide bonds. The molecule has 0 aliphatic carbocycles. The Hall–Kier alpha value is -5.03. The van der Waals surface area contributed by atoms with Gasteiger partial charge in [-0.3, -0.25) is 14.5 Å². The van der Waals surface area contributed by atoms with E-state index in [1.54, 1.807) is 38.9 Å². The number of nitrogens with zero attached hydrogens (tertiary/aromatic N) is 2. The summed E-state index contributed by atoms with van der Waals surface area (Å²) in [5, 5.41) is 2.12. The van der Waals surface area contributed by atoms with Crippen LogP contribution in [0.3, 0.4) is 0 Å². The van der Waals surface area contributed by atoms with E-state index in [0.717, 1.165) is 16.7 Å². The van der Waals surface area contributed by atoms with Crippen LogP contribution < -0.4 is 10.1 Å². The average molecular weight is 682 g/mol. The van der Waals surface area contributed by atoms with Gasteiger partial charge in [0.2, 0.25) is 5.91 Å². The van der Waals surface area contributed by atoms with Crippen LogP contribution >= 0.6 is 11.8 Å². The number of thioether (sulfide) groups is 1. The molecule has 10 nitrogen and oxygen atoms in total. The van der Waals surface area contributed by atoms with Crippen LogP contribution in [0.25, 0.3) is 0 Å². The number of esters is 1. The molecule has 3 aliphatic heterocycles. The largest absolute Gasteiger partial charge is 0.496 e. The number of carbonyl (C=O) groups excluding carboxylic acids is 4. The second-order valence-electron chi connectivity index (χ2n) is 13.0. The predicted molar refractivity (Wildman–Crippen MR) is 185 cm³/mol. The molecular weight excluding hydrogens is 642 g/mol. The lowest BCUT2D eigenvalue weighted by atomic mass is 10.00. The minimum atomic E-state index is -0.889. The molecule has 6 rings (SSSR count). The highest BCUT2D eigenvalue weighted by Crippen LogP contribution is 2.43. The van der Waals surface area contributed by atoms with Gasteiger partial charge in [-0.05, 0) is 56.0 Å². The molecule has 2 fully saturated rings. The lowest BCUT2D eigenvalue weighted by molar-refractivity contribution is -0.153. The van der Waals surface area contributed by atoms with E-state index in [4.69, 9.17) is 14.2 Å². The Morgan fingerprint density at radius 3 is 2.22 bits per heavy atom. The van der Waals surface area contributed by atoms with Crippen molar-refractivity contribution in [1.29, 1.82) is 0 Å². The molecule has 1 N–H and O–H groups in total. The molecule has 0 radical (unpaired) electrons. The fourth-order valence-electron chi connectivity index (χ4n) is 6.13. The van der Waals surface area contributed by atoms with Crippen LogP contribution in [-0.2, 0) is 30.4 Å². The number of hydrogen-bond acceptors (Lipinski definition) is 8. The number of β-lactam (4-membered cyclic amide) rings is 1. The number of methoxy groups -OCH3 is 1. The molecule has 0 bridgehead atoms. The summed E-state index contributed by atoms with van der Waals surface area (Å²) in [5.41, 5.74) is 2.79.